The van der Waals surface area contributed by atoms with E-state index >= 15 is 0 Å². The largest absolute Gasteiger partial charge is 0.328 e. The number of nitrogens with one attached hydrogen (secondary N) is 1. The normalized spacial score (nSPS) is 10.8. The maximum Gasteiger partial charge on any atom is 0.266 e. The second-order valence-electron chi connectivity index (χ2n) is 5.37. The molecule has 0 atom stereocenters. The summed E-state index contributed by atoms with van der Waals surface area (Å²) in [6.45, 7) is 1.97. The Labute approximate surface area is 141 Å². The summed E-state index contributed by atoms with van der Waals surface area (Å²) >= 11 is 1.48. The van der Waals surface area contributed by atoms with E-state index in [0.29, 0.717) is 5.56 Å². The van der Waals surface area contributed by atoms with E-state index in [9.17, 15) is 10.1 Å². The van der Waals surface area contributed by atoms with Crippen LogP contribution in [-0.4, -0.2) is 14.4 Å². The molecule has 0 aliphatic rings. The van der Waals surface area contributed by atoms with E-state index in [1.54, 1.807) is 12.3 Å². The zero-order chi connectivity index (χ0) is 16.7. The van der Waals surface area contributed by atoms with Gasteiger partial charge in [0.2, 0.25) is 0 Å². The predicted molar refractivity (Wildman–Crippen MR) is 94.0 cm³/mol. The quantitative estimate of drug-likeness (QED) is 0.609. The van der Waals surface area contributed by atoms with E-state index in [4.69, 9.17) is 0 Å². The van der Waals surface area contributed by atoms with Gasteiger partial charge in [-0.1, -0.05) is 41.7 Å². The first-order valence-corrected chi connectivity index (χ1v) is 8.17. The van der Waals surface area contributed by atoms with Gasteiger partial charge in [0, 0.05) is 29.2 Å². The molecule has 116 valence electrons. The third kappa shape index (κ3) is 2.14. The average molecular weight is 332 g/mol. The number of pyridine rings is 1. The van der Waals surface area contributed by atoms with Gasteiger partial charge in [-0.25, -0.2) is 4.98 Å². The lowest BCUT2D eigenvalue weighted by atomic mass is 10.1. The van der Waals surface area contributed by atoms with Gasteiger partial charge in [0.25, 0.3) is 5.56 Å². The summed E-state index contributed by atoms with van der Waals surface area (Å²) in [4.78, 5) is 20.8. The standard InChI is InChI=1S/C18H12N4OS/c1-11-16(13-7-8-20-17(23)14(13)9-19)24-18-21-15(10-22(11)18)12-5-3-2-4-6-12/h2-8,10H,1H3,(H,20,23). The lowest BCUT2D eigenvalue weighted by Gasteiger charge is -2.01. The molecule has 0 aliphatic heterocycles. The van der Waals surface area contributed by atoms with E-state index in [-0.39, 0.29) is 11.1 Å². The number of benzene rings is 1. The van der Waals surface area contributed by atoms with Crippen LogP contribution in [0.5, 0.6) is 0 Å². The Morgan fingerprint density at radius 1 is 1.25 bits per heavy atom. The number of H-pyrrole nitrogens is 1. The zero-order valence-corrected chi connectivity index (χ0v) is 13.6. The molecule has 1 N–H and O–H groups in total. The molecule has 0 saturated carbocycles. The van der Waals surface area contributed by atoms with Gasteiger partial charge in [-0.3, -0.25) is 9.20 Å². The van der Waals surface area contributed by atoms with Crippen molar-refractivity contribution in [2.45, 2.75) is 6.92 Å². The summed E-state index contributed by atoms with van der Waals surface area (Å²) in [6.07, 6.45) is 3.55. The number of thiazole rings is 1. The number of fused-ring (bicyclic) bond motifs is 1. The van der Waals surface area contributed by atoms with Crippen molar-refractivity contribution in [3.8, 4) is 27.8 Å². The lowest BCUT2D eigenvalue weighted by Crippen LogP contribution is -2.10. The zero-order valence-electron chi connectivity index (χ0n) is 12.8. The Kier molecular flexibility index (Phi) is 3.29. The summed E-state index contributed by atoms with van der Waals surface area (Å²) in [5, 5.41) is 9.28. The highest BCUT2D eigenvalue weighted by molar-refractivity contribution is 7.20. The molecule has 0 spiro atoms. The number of nitrogens with zero attached hydrogens (tertiary/aromatic N) is 3. The summed E-state index contributed by atoms with van der Waals surface area (Å²) in [5.41, 5.74) is 3.34. The Hall–Kier alpha value is -3.17. The van der Waals surface area contributed by atoms with Crippen LogP contribution < -0.4 is 5.56 Å². The Bertz CT molecular complexity index is 1150. The lowest BCUT2D eigenvalue weighted by molar-refractivity contribution is 1.13. The second kappa shape index (κ2) is 5.48. The van der Waals surface area contributed by atoms with Crippen molar-refractivity contribution in [2.75, 3.05) is 0 Å². The number of hydrogen-bond donors (Lipinski definition) is 1. The van der Waals surface area contributed by atoms with E-state index in [1.807, 2.05) is 53.9 Å². The van der Waals surface area contributed by atoms with Crippen molar-refractivity contribution in [1.82, 2.24) is 14.4 Å². The summed E-state index contributed by atoms with van der Waals surface area (Å²) in [7, 11) is 0. The Balaban J connectivity index is 1.90. The average Bonchev–Trinajstić information content (AvgIpc) is 3.15. The molecule has 0 fully saturated rings. The van der Waals surface area contributed by atoms with Crippen molar-refractivity contribution in [1.29, 1.82) is 5.26 Å². The highest BCUT2D eigenvalue weighted by atomic mass is 32.1. The first kappa shape index (κ1) is 14.4. The van der Waals surface area contributed by atoms with Gasteiger partial charge in [-0.15, -0.1) is 0 Å². The third-order valence-electron chi connectivity index (χ3n) is 3.94. The summed E-state index contributed by atoms with van der Waals surface area (Å²) in [5.74, 6) is 0. The van der Waals surface area contributed by atoms with Crippen molar-refractivity contribution >= 4 is 16.3 Å². The van der Waals surface area contributed by atoms with Crippen LogP contribution in [0.1, 0.15) is 11.3 Å². The third-order valence-corrected chi connectivity index (χ3v) is 5.13. The van der Waals surface area contributed by atoms with Crippen LogP contribution in [0.3, 0.4) is 0 Å². The molecule has 0 amide bonds. The number of rotatable bonds is 2. The van der Waals surface area contributed by atoms with Gasteiger partial charge in [-0.2, -0.15) is 5.26 Å². The number of hydrogen-bond acceptors (Lipinski definition) is 4. The van der Waals surface area contributed by atoms with Gasteiger partial charge >= 0.3 is 0 Å². The first-order chi connectivity index (χ1) is 11.7. The molecular weight excluding hydrogens is 320 g/mol. The van der Waals surface area contributed by atoms with Crippen LogP contribution in [0.25, 0.3) is 26.7 Å². The van der Waals surface area contributed by atoms with Crippen molar-refractivity contribution in [3.63, 3.8) is 0 Å². The molecule has 4 aromatic rings. The minimum atomic E-state index is -0.370. The molecule has 4 rings (SSSR count). The van der Waals surface area contributed by atoms with Crippen LogP contribution in [0.15, 0.2) is 53.6 Å². The van der Waals surface area contributed by atoms with Gasteiger partial charge in [0.1, 0.15) is 11.6 Å². The van der Waals surface area contributed by atoms with E-state index in [2.05, 4.69) is 9.97 Å². The molecule has 0 unspecified atom stereocenters. The van der Waals surface area contributed by atoms with E-state index in [1.165, 1.54) is 11.3 Å². The molecule has 5 nitrogen and oxygen atoms in total. The minimum Gasteiger partial charge on any atom is -0.328 e. The molecule has 3 aromatic heterocycles. The topological polar surface area (TPSA) is 73.9 Å². The van der Waals surface area contributed by atoms with Crippen LogP contribution in [0.4, 0.5) is 0 Å². The molecule has 0 bridgehead atoms. The fourth-order valence-corrected chi connectivity index (χ4v) is 3.87. The number of aromatic amines is 1. The number of nitriles is 1. The fourth-order valence-electron chi connectivity index (χ4n) is 2.73. The molecule has 0 saturated heterocycles. The van der Waals surface area contributed by atoms with Gasteiger partial charge in [0.05, 0.1) is 10.6 Å². The van der Waals surface area contributed by atoms with Gasteiger partial charge in [0.15, 0.2) is 4.96 Å². The molecule has 1 aromatic carbocycles. The van der Waals surface area contributed by atoms with Crippen LogP contribution in [0, 0.1) is 18.3 Å². The number of imidazole rings is 1. The smallest absolute Gasteiger partial charge is 0.266 e. The van der Waals surface area contributed by atoms with Crippen molar-refractivity contribution in [3.05, 3.63) is 70.4 Å². The molecule has 0 aliphatic carbocycles. The Morgan fingerprint density at radius 2 is 2.04 bits per heavy atom. The summed E-state index contributed by atoms with van der Waals surface area (Å²) < 4.78 is 2.00. The van der Waals surface area contributed by atoms with E-state index in [0.717, 1.165) is 26.8 Å². The number of aromatic nitrogens is 3. The van der Waals surface area contributed by atoms with Crippen LogP contribution >= 0.6 is 11.3 Å². The highest BCUT2D eigenvalue weighted by Crippen LogP contribution is 2.34. The first-order valence-electron chi connectivity index (χ1n) is 7.35. The SMILES string of the molecule is Cc1c(-c2cc[nH]c(=O)c2C#N)sc2nc(-c3ccccc3)cn12. The fraction of sp³-hybridized carbons (Fsp3) is 0.0556. The van der Waals surface area contributed by atoms with Crippen LogP contribution in [0.2, 0.25) is 0 Å². The van der Waals surface area contributed by atoms with Crippen molar-refractivity contribution < 1.29 is 0 Å². The predicted octanol–water partition coefficient (Wildman–Crippen LogP) is 3.60. The molecule has 3 heterocycles. The summed E-state index contributed by atoms with van der Waals surface area (Å²) in [6, 6.07) is 13.7. The number of aryl methyl sites for hydroxylation is 1. The molecule has 0 radical (unpaired) electrons. The Morgan fingerprint density at radius 3 is 2.75 bits per heavy atom. The minimum absolute atomic E-state index is 0.133. The molecular formula is C18H12N4OS. The van der Waals surface area contributed by atoms with Crippen LogP contribution in [-0.2, 0) is 0 Å². The van der Waals surface area contributed by atoms with E-state index < -0.39 is 0 Å². The van der Waals surface area contributed by atoms with Gasteiger partial charge < -0.3 is 4.98 Å². The highest BCUT2D eigenvalue weighted by Gasteiger charge is 2.17. The van der Waals surface area contributed by atoms with Crippen molar-refractivity contribution in [2.24, 2.45) is 0 Å². The molecule has 24 heavy (non-hydrogen) atoms. The molecule has 6 heteroatoms. The maximum absolute atomic E-state index is 11.9. The maximum atomic E-state index is 11.9. The second-order valence-corrected chi connectivity index (χ2v) is 6.35. The van der Waals surface area contributed by atoms with Gasteiger partial charge in [-0.05, 0) is 13.0 Å². The monoisotopic (exact) mass is 332 g/mol.